The first-order chi connectivity index (χ1) is 7.86. The van der Waals surface area contributed by atoms with E-state index in [4.69, 9.17) is 10.3 Å². The SMILES string of the molecule is Nc1oncc1-c1cccc2c1CCCC2. The summed E-state index contributed by atoms with van der Waals surface area (Å²) in [6, 6.07) is 6.40. The molecule has 0 saturated heterocycles. The molecule has 3 nitrogen and oxygen atoms in total. The first kappa shape index (κ1) is 9.46. The maximum absolute atomic E-state index is 5.78. The van der Waals surface area contributed by atoms with Gasteiger partial charge in [-0.05, 0) is 42.4 Å². The van der Waals surface area contributed by atoms with Gasteiger partial charge in [0.1, 0.15) is 0 Å². The van der Waals surface area contributed by atoms with Crippen molar-refractivity contribution in [1.82, 2.24) is 5.16 Å². The summed E-state index contributed by atoms with van der Waals surface area (Å²) in [4.78, 5) is 0. The molecule has 1 aliphatic rings. The van der Waals surface area contributed by atoms with Crippen LogP contribution in [0, 0.1) is 0 Å². The van der Waals surface area contributed by atoms with E-state index in [0.717, 1.165) is 12.0 Å². The second-order valence-corrected chi connectivity index (χ2v) is 4.25. The Bertz CT molecular complexity index is 516. The molecule has 1 aromatic heterocycles. The highest BCUT2D eigenvalue weighted by atomic mass is 16.5. The summed E-state index contributed by atoms with van der Waals surface area (Å²) in [5.74, 6) is 0.416. The molecule has 3 rings (SSSR count). The number of aryl methyl sites for hydroxylation is 1. The predicted molar refractivity (Wildman–Crippen MR) is 63.0 cm³/mol. The van der Waals surface area contributed by atoms with Gasteiger partial charge in [-0.2, -0.15) is 0 Å². The van der Waals surface area contributed by atoms with Crippen molar-refractivity contribution >= 4 is 5.88 Å². The number of rotatable bonds is 1. The van der Waals surface area contributed by atoms with Crippen LogP contribution in [0.5, 0.6) is 0 Å². The van der Waals surface area contributed by atoms with E-state index < -0.39 is 0 Å². The third kappa shape index (κ3) is 1.40. The molecule has 0 atom stereocenters. The predicted octanol–water partition coefficient (Wildman–Crippen LogP) is 2.80. The number of hydrogen-bond donors (Lipinski definition) is 1. The lowest BCUT2D eigenvalue weighted by Crippen LogP contribution is -2.04. The molecule has 16 heavy (non-hydrogen) atoms. The minimum atomic E-state index is 0.416. The molecule has 82 valence electrons. The van der Waals surface area contributed by atoms with Gasteiger partial charge < -0.3 is 10.3 Å². The lowest BCUT2D eigenvalue weighted by atomic mass is 9.86. The number of nitrogens with zero attached hydrogens (tertiary/aromatic N) is 1. The topological polar surface area (TPSA) is 52.0 Å². The second kappa shape index (κ2) is 3.67. The molecule has 0 bridgehead atoms. The Balaban J connectivity index is 2.18. The molecule has 0 unspecified atom stereocenters. The van der Waals surface area contributed by atoms with Crippen molar-refractivity contribution in [2.24, 2.45) is 0 Å². The third-order valence-corrected chi connectivity index (χ3v) is 3.28. The molecule has 1 aromatic carbocycles. The lowest BCUT2D eigenvalue weighted by molar-refractivity contribution is 0.436. The van der Waals surface area contributed by atoms with Crippen molar-refractivity contribution in [1.29, 1.82) is 0 Å². The van der Waals surface area contributed by atoms with E-state index in [9.17, 15) is 0 Å². The third-order valence-electron chi connectivity index (χ3n) is 3.28. The summed E-state index contributed by atoms with van der Waals surface area (Å²) in [6.45, 7) is 0. The molecule has 2 N–H and O–H groups in total. The van der Waals surface area contributed by atoms with Gasteiger partial charge in [0, 0.05) is 0 Å². The molecule has 0 aliphatic heterocycles. The average Bonchev–Trinajstić information content (AvgIpc) is 2.75. The van der Waals surface area contributed by atoms with Crippen molar-refractivity contribution in [2.75, 3.05) is 5.73 Å². The fourth-order valence-electron chi connectivity index (χ4n) is 2.48. The summed E-state index contributed by atoms with van der Waals surface area (Å²) in [5, 5.41) is 3.75. The Kier molecular flexibility index (Phi) is 2.17. The minimum absolute atomic E-state index is 0.416. The van der Waals surface area contributed by atoms with E-state index in [1.165, 1.54) is 36.0 Å². The molecule has 0 fully saturated rings. The van der Waals surface area contributed by atoms with Crippen LogP contribution in [0.15, 0.2) is 28.9 Å². The number of aromatic nitrogens is 1. The normalized spacial score (nSPS) is 14.8. The van der Waals surface area contributed by atoms with Crippen molar-refractivity contribution in [2.45, 2.75) is 25.7 Å². The number of benzene rings is 1. The highest BCUT2D eigenvalue weighted by molar-refractivity contribution is 5.75. The largest absolute Gasteiger partial charge is 0.367 e. The van der Waals surface area contributed by atoms with Crippen LogP contribution >= 0.6 is 0 Å². The van der Waals surface area contributed by atoms with Crippen LogP contribution in [0.4, 0.5) is 5.88 Å². The number of nitrogens with two attached hydrogens (primary N) is 1. The number of hydrogen-bond acceptors (Lipinski definition) is 3. The molecule has 1 aliphatic carbocycles. The maximum atomic E-state index is 5.78. The van der Waals surface area contributed by atoms with Crippen molar-refractivity contribution in [3.05, 3.63) is 35.5 Å². The first-order valence-electron chi connectivity index (χ1n) is 5.67. The fraction of sp³-hybridized carbons (Fsp3) is 0.308. The smallest absolute Gasteiger partial charge is 0.229 e. The van der Waals surface area contributed by atoms with Gasteiger partial charge in [0.2, 0.25) is 5.88 Å². The number of nitrogen functional groups attached to an aromatic ring is 1. The first-order valence-corrected chi connectivity index (χ1v) is 5.67. The van der Waals surface area contributed by atoms with Gasteiger partial charge in [-0.25, -0.2) is 0 Å². The Hall–Kier alpha value is -1.77. The molecular weight excluding hydrogens is 200 g/mol. The molecule has 3 heteroatoms. The van der Waals surface area contributed by atoms with Crippen molar-refractivity contribution in [3.63, 3.8) is 0 Å². The minimum Gasteiger partial charge on any atom is -0.367 e. The molecule has 0 saturated carbocycles. The van der Waals surface area contributed by atoms with Crippen LogP contribution in [-0.2, 0) is 12.8 Å². The molecule has 0 amide bonds. The molecular formula is C13H14N2O. The number of anilines is 1. The lowest BCUT2D eigenvalue weighted by Gasteiger charge is -2.18. The molecule has 1 heterocycles. The fourth-order valence-corrected chi connectivity index (χ4v) is 2.48. The Morgan fingerprint density at radius 2 is 2.00 bits per heavy atom. The van der Waals surface area contributed by atoms with Crippen LogP contribution in [0.3, 0.4) is 0 Å². The van der Waals surface area contributed by atoms with Crippen LogP contribution in [0.2, 0.25) is 0 Å². The van der Waals surface area contributed by atoms with E-state index in [1.54, 1.807) is 6.20 Å². The summed E-state index contributed by atoms with van der Waals surface area (Å²) < 4.78 is 4.94. The van der Waals surface area contributed by atoms with E-state index in [0.29, 0.717) is 5.88 Å². The highest BCUT2D eigenvalue weighted by Crippen LogP contribution is 2.34. The quantitative estimate of drug-likeness (QED) is 0.794. The molecule has 0 radical (unpaired) electrons. The zero-order chi connectivity index (χ0) is 11.0. The van der Waals surface area contributed by atoms with Gasteiger partial charge in [0.05, 0.1) is 11.8 Å². The summed E-state index contributed by atoms with van der Waals surface area (Å²) in [6.07, 6.45) is 6.56. The van der Waals surface area contributed by atoms with Crippen LogP contribution < -0.4 is 5.73 Å². The Labute approximate surface area is 94.2 Å². The van der Waals surface area contributed by atoms with Crippen LogP contribution in [-0.4, -0.2) is 5.16 Å². The van der Waals surface area contributed by atoms with Gasteiger partial charge in [-0.1, -0.05) is 23.4 Å². The van der Waals surface area contributed by atoms with Gasteiger partial charge in [0.25, 0.3) is 0 Å². The average molecular weight is 214 g/mol. The van der Waals surface area contributed by atoms with Crippen LogP contribution in [0.1, 0.15) is 24.0 Å². The Morgan fingerprint density at radius 1 is 1.12 bits per heavy atom. The number of fused-ring (bicyclic) bond motifs is 1. The van der Waals surface area contributed by atoms with Crippen molar-refractivity contribution in [3.8, 4) is 11.1 Å². The van der Waals surface area contributed by atoms with Gasteiger partial charge in [0.15, 0.2) is 0 Å². The van der Waals surface area contributed by atoms with E-state index in [2.05, 4.69) is 23.4 Å². The Morgan fingerprint density at radius 3 is 2.81 bits per heavy atom. The van der Waals surface area contributed by atoms with Gasteiger partial charge in [-0.3, -0.25) is 0 Å². The zero-order valence-electron chi connectivity index (χ0n) is 9.07. The van der Waals surface area contributed by atoms with E-state index in [-0.39, 0.29) is 0 Å². The van der Waals surface area contributed by atoms with E-state index >= 15 is 0 Å². The summed E-state index contributed by atoms with van der Waals surface area (Å²) in [5.41, 5.74) is 10.8. The maximum Gasteiger partial charge on any atom is 0.229 e. The van der Waals surface area contributed by atoms with Crippen molar-refractivity contribution < 1.29 is 4.52 Å². The van der Waals surface area contributed by atoms with E-state index in [1.807, 2.05) is 0 Å². The van der Waals surface area contributed by atoms with Gasteiger partial charge in [-0.15, -0.1) is 0 Å². The second-order valence-electron chi connectivity index (χ2n) is 4.25. The van der Waals surface area contributed by atoms with Gasteiger partial charge >= 0.3 is 0 Å². The highest BCUT2D eigenvalue weighted by Gasteiger charge is 2.16. The zero-order valence-corrected chi connectivity index (χ0v) is 9.07. The standard InChI is InChI=1S/C13H14N2O/c14-13-12(8-15-16-13)11-7-3-5-9-4-1-2-6-10(9)11/h3,5,7-8H,1-2,4,6,14H2. The monoisotopic (exact) mass is 214 g/mol. The van der Waals surface area contributed by atoms with Crippen LogP contribution in [0.25, 0.3) is 11.1 Å². The summed E-state index contributed by atoms with van der Waals surface area (Å²) >= 11 is 0. The molecule has 2 aromatic rings. The molecule has 0 spiro atoms. The summed E-state index contributed by atoms with van der Waals surface area (Å²) in [7, 11) is 0.